The number of hydrogen-bond acceptors (Lipinski definition) is 3. The van der Waals surface area contributed by atoms with Gasteiger partial charge in [-0.1, -0.05) is 66.2 Å². The molecule has 36 heavy (non-hydrogen) atoms. The summed E-state index contributed by atoms with van der Waals surface area (Å²) >= 11 is 0. The molecule has 1 N–H and O–H groups in total. The second-order valence-electron chi connectivity index (χ2n) is 10.4. The average molecular weight is 479 g/mol. The Morgan fingerprint density at radius 3 is 2.53 bits per heavy atom. The van der Waals surface area contributed by atoms with E-state index >= 15 is 0 Å². The zero-order chi connectivity index (χ0) is 24.5. The molecule has 6 rings (SSSR count). The Morgan fingerprint density at radius 1 is 0.944 bits per heavy atom. The van der Waals surface area contributed by atoms with Crippen LogP contribution in [0.15, 0.2) is 72.8 Å². The molecule has 1 saturated heterocycles. The van der Waals surface area contributed by atoms with Crippen LogP contribution in [-0.4, -0.2) is 28.5 Å². The number of rotatable bonds is 5. The molecule has 5 heteroatoms. The summed E-state index contributed by atoms with van der Waals surface area (Å²) in [6, 6.07) is 25.8. The van der Waals surface area contributed by atoms with Crippen molar-refractivity contribution in [1.82, 2.24) is 14.9 Å². The van der Waals surface area contributed by atoms with Crippen LogP contribution in [0.3, 0.4) is 0 Å². The quantitative estimate of drug-likeness (QED) is 0.394. The largest absolute Gasteiger partial charge is 0.349 e. The summed E-state index contributed by atoms with van der Waals surface area (Å²) in [6.07, 6.45) is 4.99. The Bertz CT molecular complexity index is 1370. The molecule has 0 saturated carbocycles. The van der Waals surface area contributed by atoms with Crippen LogP contribution in [0.1, 0.15) is 54.0 Å². The summed E-state index contributed by atoms with van der Waals surface area (Å²) in [5.41, 5.74) is 7.41. The van der Waals surface area contributed by atoms with Gasteiger partial charge in [0.25, 0.3) is 0 Å². The molecule has 2 heterocycles. The Labute approximate surface area is 213 Å². The van der Waals surface area contributed by atoms with E-state index in [9.17, 15) is 4.79 Å². The number of imidazole rings is 1. The number of piperidine rings is 1. The minimum absolute atomic E-state index is 0.0604. The number of aryl methyl sites for hydroxylation is 2. The predicted octanol–water partition coefficient (Wildman–Crippen LogP) is 5.80. The van der Waals surface area contributed by atoms with Crippen molar-refractivity contribution < 1.29 is 4.79 Å². The SMILES string of the molecule is Cc1ccc(Cn2c(N3CCC(C(=O)N[C@@H]4CCCc5ccccc54)CC3)nc3ccccc32)cc1. The lowest BCUT2D eigenvalue weighted by Gasteiger charge is -2.34. The first-order valence-corrected chi connectivity index (χ1v) is 13.3. The number of nitrogens with zero attached hydrogens (tertiary/aromatic N) is 3. The smallest absolute Gasteiger partial charge is 0.223 e. The van der Waals surface area contributed by atoms with Crippen molar-refractivity contribution in [1.29, 1.82) is 0 Å². The molecule has 0 spiro atoms. The van der Waals surface area contributed by atoms with Crippen molar-refractivity contribution in [3.8, 4) is 0 Å². The third-order valence-electron chi connectivity index (χ3n) is 7.93. The lowest BCUT2D eigenvalue weighted by molar-refractivity contribution is -0.126. The second kappa shape index (κ2) is 9.81. The zero-order valence-electron chi connectivity index (χ0n) is 21.0. The van der Waals surface area contributed by atoms with Crippen LogP contribution in [-0.2, 0) is 17.8 Å². The van der Waals surface area contributed by atoms with Crippen LogP contribution in [0.5, 0.6) is 0 Å². The maximum absolute atomic E-state index is 13.2. The van der Waals surface area contributed by atoms with Crippen LogP contribution < -0.4 is 10.2 Å². The standard InChI is InChI=1S/C31H34N4O/c1-22-13-15-23(16-14-22)21-35-29-12-5-4-10-28(29)33-31(35)34-19-17-25(18-20-34)30(36)32-27-11-6-8-24-7-2-3-9-26(24)27/h2-5,7,9-10,12-16,25,27H,6,8,11,17-21H2,1H3,(H,32,36)/t27-/m1/s1. The fourth-order valence-electron chi connectivity index (χ4n) is 5.87. The van der Waals surface area contributed by atoms with E-state index in [4.69, 9.17) is 4.98 Å². The van der Waals surface area contributed by atoms with Gasteiger partial charge in [0.2, 0.25) is 11.9 Å². The van der Waals surface area contributed by atoms with Gasteiger partial charge in [-0.25, -0.2) is 4.98 Å². The van der Waals surface area contributed by atoms with Gasteiger partial charge in [0, 0.05) is 19.0 Å². The van der Waals surface area contributed by atoms with Gasteiger partial charge in [0.1, 0.15) is 0 Å². The van der Waals surface area contributed by atoms with Gasteiger partial charge in [0.15, 0.2) is 0 Å². The minimum Gasteiger partial charge on any atom is -0.349 e. The zero-order valence-corrected chi connectivity index (χ0v) is 21.0. The van der Waals surface area contributed by atoms with E-state index in [2.05, 4.69) is 94.5 Å². The molecule has 1 aliphatic heterocycles. The number of aromatic nitrogens is 2. The highest BCUT2D eigenvalue weighted by atomic mass is 16.2. The summed E-state index contributed by atoms with van der Waals surface area (Å²) in [6.45, 7) is 4.60. The van der Waals surface area contributed by atoms with Gasteiger partial charge < -0.3 is 14.8 Å². The monoisotopic (exact) mass is 478 g/mol. The van der Waals surface area contributed by atoms with Crippen LogP contribution in [0.25, 0.3) is 11.0 Å². The van der Waals surface area contributed by atoms with E-state index in [1.807, 2.05) is 0 Å². The lowest BCUT2D eigenvalue weighted by Crippen LogP contribution is -2.42. The summed E-state index contributed by atoms with van der Waals surface area (Å²) < 4.78 is 2.33. The number of anilines is 1. The molecule has 1 aromatic heterocycles. The predicted molar refractivity (Wildman–Crippen MR) is 145 cm³/mol. The number of nitrogens with one attached hydrogen (secondary N) is 1. The Hall–Kier alpha value is -3.60. The number of amides is 1. The summed E-state index contributed by atoms with van der Waals surface area (Å²) in [5.74, 6) is 1.28. The summed E-state index contributed by atoms with van der Waals surface area (Å²) in [7, 11) is 0. The van der Waals surface area contributed by atoms with E-state index in [0.29, 0.717) is 0 Å². The van der Waals surface area contributed by atoms with Gasteiger partial charge in [-0.3, -0.25) is 4.79 Å². The second-order valence-corrected chi connectivity index (χ2v) is 10.4. The Morgan fingerprint density at radius 2 is 1.69 bits per heavy atom. The topological polar surface area (TPSA) is 50.2 Å². The van der Waals surface area contributed by atoms with Crippen molar-refractivity contribution >= 4 is 22.9 Å². The molecule has 2 aliphatic rings. The first-order chi connectivity index (χ1) is 17.7. The molecular formula is C31H34N4O. The van der Waals surface area contributed by atoms with Gasteiger partial charge in [-0.15, -0.1) is 0 Å². The molecule has 0 unspecified atom stereocenters. The number of carbonyl (C=O) groups is 1. The van der Waals surface area contributed by atoms with Gasteiger partial charge in [0.05, 0.1) is 23.6 Å². The fraction of sp³-hybridized carbons (Fsp3) is 0.355. The maximum Gasteiger partial charge on any atom is 0.223 e. The molecule has 0 bridgehead atoms. The number of benzene rings is 3. The van der Waals surface area contributed by atoms with Gasteiger partial charge >= 0.3 is 0 Å². The van der Waals surface area contributed by atoms with E-state index in [1.54, 1.807) is 0 Å². The molecule has 5 nitrogen and oxygen atoms in total. The average Bonchev–Trinajstić information content (AvgIpc) is 3.28. The summed E-state index contributed by atoms with van der Waals surface area (Å²) in [4.78, 5) is 20.6. The number of carbonyl (C=O) groups excluding carboxylic acids is 1. The third-order valence-corrected chi connectivity index (χ3v) is 7.93. The van der Waals surface area contributed by atoms with Crippen molar-refractivity contribution in [2.24, 2.45) is 5.92 Å². The highest BCUT2D eigenvalue weighted by Gasteiger charge is 2.30. The van der Waals surface area contributed by atoms with E-state index < -0.39 is 0 Å². The van der Waals surface area contributed by atoms with E-state index in [1.165, 1.54) is 22.3 Å². The molecule has 1 atom stereocenters. The van der Waals surface area contributed by atoms with E-state index in [-0.39, 0.29) is 17.9 Å². The Kier molecular flexibility index (Phi) is 6.22. The molecular weight excluding hydrogens is 444 g/mol. The van der Waals surface area contributed by atoms with Gasteiger partial charge in [-0.2, -0.15) is 0 Å². The van der Waals surface area contributed by atoms with Gasteiger partial charge in [-0.05, 0) is 67.9 Å². The normalized spacial score (nSPS) is 18.2. The fourth-order valence-corrected chi connectivity index (χ4v) is 5.87. The van der Waals surface area contributed by atoms with Crippen LogP contribution in [0.2, 0.25) is 0 Å². The van der Waals surface area contributed by atoms with Crippen LogP contribution >= 0.6 is 0 Å². The van der Waals surface area contributed by atoms with Crippen molar-refractivity contribution in [2.45, 2.75) is 51.6 Å². The minimum atomic E-state index is 0.0604. The molecule has 1 amide bonds. The van der Waals surface area contributed by atoms with Crippen LogP contribution in [0, 0.1) is 12.8 Å². The number of hydrogen-bond donors (Lipinski definition) is 1. The first kappa shape index (κ1) is 22.8. The maximum atomic E-state index is 13.2. The molecule has 1 fully saturated rings. The Balaban J connectivity index is 1.16. The highest BCUT2D eigenvalue weighted by molar-refractivity contribution is 5.80. The first-order valence-electron chi connectivity index (χ1n) is 13.3. The van der Waals surface area contributed by atoms with Crippen LogP contribution in [0.4, 0.5) is 5.95 Å². The molecule has 4 aromatic rings. The molecule has 0 radical (unpaired) electrons. The molecule has 3 aromatic carbocycles. The van der Waals surface area contributed by atoms with Crippen molar-refractivity contribution in [3.05, 3.63) is 95.1 Å². The highest BCUT2D eigenvalue weighted by Crippen LogP contribution is 2.31. The lowest BCUT2D eigenvalue weighted by atomic mass is 9.87. The number of para-hydroxylation sites is 2. The van der Waals surface area contributed by atoms with Crippen molar-refractivity contribution in [2.75, 3.05) is 18.0 Å². The molecule has 184 valence electrons. The van der Waals surface area contributed by atoms with Crippen molar-refractivity contribution in [3.63, 3.8) is 0 Å². The summed E-state index contributed by atoms with van der Waals surface area (Å²) in [5, 5.41) is 3.39. The number of fused-ring (bicyclic) bond motifs is 2. The third kappa shape index (κ3) is 4.50. The van der Waals surface area contributed by atoms with E-state index in [0.717, 1.165) is 68.7 Å². The molecule has 1 aliphatic carbocycles.